The standard InChI is InChI=1S/C17H20F4N2O/c18-14-5-4-11(17(19,20)21)8-13(14)16(24)23-15-9-2-1-3-10(15)7-12(22)6-9/h4-5,8-10,12,15H,1-3,6-7,22H2,(H,23,24). The molecule has 0 radical (unpaired) electrons. The van der Waals surface area contributed by atoms with Crippen molar-refractivity contribution in [3.8, 4) is 0 Å². The Balaban J connectivity index is 1.80. The molecule has 1 amide bonds. The van der Waals surface area contributed by atoms with Crippen molar-refractivity contribution >= 4 is 5.91 Å². The molecule has 0 spiro atoms. The maximum atomic E-state index is 13.9. The van der Waals surface area contributed by atoms with Crippen molar-refractivity contribution in [3.05, 3.63) is 35.1 Å². The fourth-order valence-electron chi connectivity index (χ4n) is 4.13. The van der Waals surface area contributed by atoms with E-state index in [9.17, 15) is 22.4 Å². The number of nitrogens with one attached hydrogen (secondary N) is 1. The lowest BCUT2D eigenvalue weighted by Gasteiger charge is -2.45. The second-order valence-corrected chi connectivity index (χ2v) is 6.87. The van der Waals surface area contributed by atoms with Crippen LogP contribution >= 0.6 is 0 Å². The predicted molar refractivity (Wildman–Crippen MR) is 80.7 cm³/mol. The van der Waals surface area contributed by atoms with Gasteiger partial charge < -0.3 is 11.1 Å². The number of halogens is 4. The van der Waals surface area contributed by atoms with Crippen LogP contribution in [-0.4, -0.2) is 18.0 Å². The third-order valence-corrected chi connectivity index (χ3v) is 5.21. The van der Waals surface area contributed by atoms with E-state index >= 15 is 0 Å². The zero-order chi connectivity index (χ0) is 17.5. The average molecular weight is 344 g/mol. The number of carbonyl (C=O) groups excluding carboxylic acids is 1. The third kappa shape index (κ3) is 3.41. The highest BCUT2D eigenvalue weighted by molar-refractivity contribution is 5.95. The van der Waals surface area contributed by atoms with Crippen LogP contribution in [0.3, 0.4) is 0 Å². The van der Waals surface area contributed by atoms with Gasteiger partial charge in [0.2, 0.25) is 0 Å². The van der Waals surface area contributed by atoms with Crippen molar-refractivity contribution in [1.29, 1.82) is 0 Å². The van der Waals surface area contributed by atoms with Crippen LogP contribution < -0.4 is 11.1 Å². The van der Waals surface area contributed by atoms with Gasteiger partial charge in [0.25, 0.3) is 5.91 Å². The fraction of sp³-hybridized carbons (Fsp3) is 0.588. The number of alkyl halides is 3. The Morgan fingerprint density at radius 3 is 2.38 bits per heavy atom. The second-order valence-electron chi connectivity index (χ2n) is 6.87. The summed E-state index contributed by atoms with van der Waals surface area (Å²) in [6.07, 6.45) is -0.122. The van der Waals surface area contributed by atoms with Gasteiger partial charge in [-0.3, -0.25) is 4.79 Å². The molecule has 132 valence electrons. The van der Waals surface area contributed by atoms with Crippen molar-refractivity contribution in [2.24, 2.45) is 17.6 Å². The Morgan fingerprint density at radius 1 is 1.17 bits per heavy atom. The topological polar surface area (TPSA) is 55.1 Å². The molecular weight excluding hydrogens is 324 g/mol. The quantitative estimate of drug-likeness (QED) is 0.807. The zero-order valence-corrected chi connectivity index (χ0v) is 13.1. The maximum Gasteiger partial charge on any atom is 0.416 e. The highest BCUT2D eigenvalue weighted by Crippen LogP contribution is 2.40. The number of carbonyl (C=O) groups is 1. The molecule has 2 saturated carbocycles. The Labute approximate surface area is 137 Å². The summed E-state index contributed by atoms with van der Waals surface area (Å²) in [6.45, 7) is 0. The predicted octanol–water partition coefficient (Wildman–Crippen LogP) is 3.48. The molecule has 2 aliphatic carbocycles. The summed E-state index contributed by atoms with van der Waals surface area (Å²) in [5.41, 5.74) is 4.44. The SMILES string of the molecule is NC1CC2CCCC(C1)C2NC(=O)c1cc(C(F)(F)F)ccc1F. The van der Waals surface area contributed by atoms with E-state index in [1.807, 2.05) is 0 Å². The zero-order valence-electron chi connectivity index (χ0n) is 13.1. The van der Waals surface area contributed by atoms with Gasteiger partial charge in [0.05, 0.1) is 11.1 Å². The normalized spacial score (nSPS) is 30.0. The Bertz CT molecular complexity index is 618. The summed E-state index contributed by atoms with van der Waals surface area (Å²) < 4.78 is 52.2. The lowest BCUT2D eigenvalue weighted by atomic mass is 9.67. The van der Waals surface area contributed by atoms with Crippen LogP contribution in [0.25, 0.3) is 0 Å². The van der Waals surface area contributed by atoms with Gasteiger partial charge in [0.15, 0.2) is 0 Å². The van der Waals surface area contributed by atoms with Gasteiger partial charge in [-0.1, -0.05) is 6.42 Å². The Morgan fingerprint density at radius 2 is 1.79 bits per heavy atom. The number of benzene rings is 1. The molecule has 0 heterocycles. The number of amides is 1. The van der Waals surface area contributed by atoms with Crippen LogP contribution in [0.4, 0.5) is 17.6 Å². The molecule has 1 aromatic carbocycles. The third-order valence-electron chi connectivity index (χ3n) is 5.21. The van der Waals surface area contributed by atoms with E-state index in [0.717, 1.165) is 32.1 Å². The van der Waals surface area contributed by atoms with E-state index in [1.165, 1.54) is 0 Å². The van der Waals surface area contributed by atoms with Crippen LogP contribution in [0.5, 0.6) is 0 Å². The number of rotatable bonds is 2. The first-order valence-corrected chi connectivity index (χ1v) is 8.19. The number of hydrogen-bond donors (Lipinski definition) is 2. The van der Waals surface area contributed by atoms with E-state index in [0.29, 0.717) is 18.2 Å². The van der Waals surface area contributed by atoms with Gasteiger partial charge >= 0.3 is 6.18 Å². The molecule has 3 N–H and O–H groups in total. The molecule has 2 bridgehead atoms. The molecule has 7 heteroatoms. The minimum atomic E-state index is -4.61. The fourth-order valence-corrected chi connectivity index (χ4v) is 4.13. The van der Waals surface area contributed by atoms with E-state index < -0.39 is 29.0 Å². The lowest BCUT2D eigenvalue weighted by molar-refractivity contribution is -0.137. The molecule has 2 unspecified atom stereocenters. The Kier molecular flexibility index (Phi) is 4.55. The number of nitrogens with two attached hydrogens (primary N) is 1. The van der Waals surface area contributed by atoms with Crippen molar-refractivity contribution < 1.29 is 22.4 Å². The summed E-state index contributed by atoms with van der Waals surface area (Å²) in [5.74, 6) is -1.30. The van der Waals surface area contributed by atoms with Crippen LogP contribution in [0.15, 0.2) is 18.2 Å². The largest absolute Gasteiger partial charge is 0.416 e. The minimum Gasteiger partial charge on any atom is -0.349 e. The van der Waals surface area contributed by atoms with Gasteiger partial charge in [0.1, 0.15) is 5.82 Å². The van der Waals surface area contributed by atoms with Crippen LogP contribution in [-0.2, 0) is 6.18 Å². The van der Waals surface area contributed by atoms with Crippen LogP contribution in [0.2, 0.25) is 0 Å². The van der Waals surface area contributed by atoms with Gasteiger partial charge in [-0.05, 0) is 55.7 Å². The highest BCUT2D eigenvalue weighted by Gasteiger charge is 2.40. The van der Waals surface area contributed by atoms with Gasteiger partial charge in [-0.25, -0.2) is 4.39 Å². The van der Waals surface area contributed by atoms with Crippen molar-refractivity contribution in [2.75, 3.05) is 0 Å². The van der Waals surface area contributed by atoms with Gasteiger partial charge in [-0.2, -0.15) is 13.2 Å². The summed E-state index contributed by atoms with van der Waals surface area (Å²) in [6, 6.07) is 1.86. The summed E-state index contributed by atoms with van der Waals surface area (Å²) >= 11 is 0. The molecular formula is C17H20F4N2O. The second kappa shape index (κ2) is 6.35. The molecule has 2 atom stereocenters. The van der Waals surface area contributed by atoms with Crippen molar-refractivity contribution in [2.45, 2.75) is 50.4 Å². The molecule has 1 aromatic rings. The molecule has 24 heavy (non-hydrogen) atoms. The molecule has 3 nitrogen and oxygen atoms in total. The first-order valence-electron chi connectivity index (χ1n) is 8.19. The van der Waals surface area contributed by atoms with Crippen LogP contribution in [0, 0.1) is 17.7 Å². The van der Waals surface area contributed by atoms with Crippen LogP contribution in [0.1, 0.15) is 48.0 Å². The van der Waals surface area contributed by atoms with E-state index in [4.69, 9.17) is 5.73 Å². The Hall–Kier alpha value is -1.63. The first kappa shape index (κ1) is 17.2. The number of fused-ring (bicyclic) bond motifs is 2. The summed E-state index contributed by atoms with van der Waals surface area (Å²) in [7, 11) is 0. The van der Waals surface area contributed by atoms with E-state index in [2.05, 4.69) is 5.32 Å². The minimum absolute atomic E-state index is 0.0961. The molecule has 0 aliphatic heterocycles. The molecule has 2 aliphatic rings. The van der Waals surface area contributed by atoms with E-state index in [1.54, 1.807) is 0 Å². The van der Waals surface area contributed by atoms with E-state index in [-0.39, 0.29) is 23.9 Å². The monoisotopic (exact) mass is 344 g/mol. The van der Waals surface area contributed by atoms with Gasteiger partial charge in [-0.15, -0.1) is 0 Å². The molecule has 0 saturated heterocycles. The molecule has 0 aromatic heterocycles. The average Bonchev–Trinajstić information content (AvgIpc) is 2.47. The van der Waals surface area contributed by atoms with Crippen molar-refractivity contribution in [3.63, 3.8) is 0 Å². The first-order chi connectivity index (χ1) is 11.3. The molecule has 3 rings (SSSR count). The van der Waals surface area contributed by atoms with Gasteiger partial charge in [0, 0.05) is 12.1 Å². The highest BCUT2D eigenvalue weighted by atomic mass is 19.4. The summed E-state index contributed by atoms with van der Waals surface area (Å²) in [4.78, 5) is 12.4. The smallest absolute Gasteiger partial charge is 0.349 e. The molecule has 2 fully saturated rings. The van der Waals surface area contributed by atoms with Crippen molar-refractivity contribution in [1.82, 2.24) is 5.32 Å². The maximum absolute atomic E-state index is 13.9. The number of hydrogen-bond acceptors (Lipinski definition) is 2. The lowest BCUT2D eigenvalue weighted by Crippen LogP contribution is -2.53. The summed E-state index contributed by atoms with van der Waals surface area (Å²) in [5, 5.41) is 2.78.